The summed E-state index contributed by atoms with van der Waals surface area (Å²) in [4.78, 5) is 25.1. The van der Waals surface area contributed by atoms with Gasteiger partial charge in [-0.1, -0.05) is 0 Å². The molecule has 176 valence electrons. The summed E-state index contributed by atoms with van der Waals surface area (Å²) in [7, 11) is 4.66. The van der Waals surface area contributed by atoms with Gasteiger partial charge in [-0.15, -0.1) is 0 Å². The van der Waals surface area contributed by atoms with Crippen molar-refractivity contribution in [2.75, 3.05) is 40.7 Å². The summed E-state index contributed by atoms with van der Waals surface area (Å²) in [5.74, 6) is 1.29. The minimum Gasteiger partial charge on any atom is -0.493 e. The highest BCUT2D eigenvalue weighted by Gasteiger charge is 2.26. The molecule has 0 saturated carbocycles. The maximum Gasteiger partial charge on any atom is 0.255 e. The minimum atomic E-state index is -0.214. The van der Waals surface area contributed by atoms with Crippen LogP contribution in [-0.2, 0) is 4.28 Å². The van der Waals surface area contributed by atoms with Gasteiger partial charge in [-0.2, -0.15) is 5.06 Å². The molecule has 2 aromatic heterocycles. The summed E-state index contributed by atoms with van der Waals surface area (Å²) < 4.78 is 21.8. The average molecular weight is 474 g/mol. The number of nitrogens with one attached hydrogen (secondary N) is 2. The fourth-order valence-corrected chi connectivity index (χ4v) is 4.33. The number of ether oxygens (including phenoxy) is 3. The van der Waals surface area contributed by atoms with Crippen molar-refractivity contribution in [3.8, 4) is 28.5 Å². The number of carbonyl (C=O) groups is 1. The lowest BCUT2D eigenvalue weighted by atomic mass is 10.1. The Labute approximate surface area is 196 Å². The van der Waals surface area contributed by atoms with Crippen molar-refractivity contribution in [3.05, 3.63) is 30.1 Å². The molecule has 10 nitrogen and oxygen atoms in total. The van der Waals surface area contributed by atoms with Crippen LogP contribution in [0.25, 0.3) is 22.4 Å². The van der Waals surface area contributed by atoms with E-state index in [-0.39, 0.29) is 11.9 Å². The van der Waals surface area contributed by atoms with Gasteiger partial charge in [0.25, 0.3) is 5.91 Å². The first-order chi connectivity index (χ1) is 16.1. The van der Waals surface area contributed by atoms with Crippen LogP contribution in [0.4, 0.5) is 0 Å². The molecule has 4 rings (SSSR count). The monoisotopic (exact) mass is 473 g/mol. The van der Waals surface area contributed by atoms with E-state index in [0.717, 1.165) is 24.9 Å². The van der Waals surface area contributed by atoms with Gasteiger partial charge in [0, 0.05) is 43.1 Å². The molecule has 0 bridgehead atoms. The summed E-state index contributed by atoms with van der Waals surface area (Å²) in [5, 5.41) is 4.92. The highest BCUT2D eigenvalue weighted by atomic mass is 32.2. The van der Waals surface area contributed by atoms with E-state index >= 15 is 0 Å². The van der Waals surface area contributed by atoms with E-state index in [1.165, 1.54) is 12.0 Å². The standard InChI is InChI=1S/C22H27N5O5S/c1-29-17-8-13(9-18(30-2)20(17)31-3)16-12-24-21-19(26-16)15(11-23-21)22(28)25-10-14-6-5-7-27(14)32-33-4/h8-9,11-12,14H,5-7,10H2,1-4H3,(H,23,24)(H,25,28). The quantitative estimate of drug-likeness (QED) is 0.453. The Morgan fingerprint density at radius 3 is 2.67 bits per heavy atom. The molecular weight excluding hydrogens is 446 g/mol. The van der Waals surface area contributed by atoms with Gasteiger partial charge in [0.1, 0.15) is 5.52 Å². The minimum absolute atomic E-state index is 0.146. The van der Waals surface area contributed by atoms with E-state index in [4.69, 9.17) is 23.5 Å². The molecule has 0 aliphatic carbocycles. The molecule has 0 radical (unpaired) electrons. The van der Waals surface area contributed by atoms with Gasteiger partial charge in [0.2, 0.25) is 5.75 Å². The zero-order chi connectivity index (χ0) is 23.4. The van der Waals surface area contributed by atoms with Gasteiger partial charge < -0.3 is 24.5 Å². The normalized spacial score (nSPS) is 16.2. The number of H-pyrrole nitrogens is 1. The number of methoxy groups -OCH3 is 3. The number of aromatic nitrogens is 3. The maximum absolute atomic E-state index is 13.0. The van der Waals surface area contributed by atoms with Crippen molar-refractivity contribution < 1.29 is 23.3 Å². The van der Waals surface area contributed by atoms with Crippen molar-refractivity contribution in [3.63, 3.8) is 0 Å². The second-order valence-corrected chi connectivity index (χ2v) is 7.94. The molecule has 11 heteroatoms. The van der Waals surface area contributed by atoms with Crippen LogP contribution < -0.4 is 19.5 Å². The number of fused-ring (bicyclic) bond motifs is 1. The van der Waals surface area contributed by atoms with Crippen LogP contribution in [0.15, 0.2) is 24.5 Å². The Balaban J connectivity index is 1.60. The number of rotatable bonds is 9. The first-order valence-corrected chi connectivity index (χ1v) is 11.6. The number of amides is 1. The molecule has 2 N–H and O–H groups in total. The molecule has 1 fully saturated rings. The van der Waals surface area contributed by atoms with Gasteiger partial charge in [-0.25, -0.2) is 14.3 Å². The average Bonchev–Trinajstić information content (AvgIpc) is 3.48. The van der Waals surface area contributed by atoms with Crippen molar-refractivity contribution in [1.82, 2.24) is 25.3 Å². The topological polar surface area (TPSA) is 111 Å². The van der Waals surface area contributed by atoms with Gasteiger partial charge in [-0.3, -0.25) is 4.79 Å². The fraction of sp³-hybridized carbons (Fsp3) is 0.409. The van der Waals surface area contributed by atoms with Gasteiger partial charge >= 0.3 is 0 Å². The summed E-state index contributed by atoms with van der Waals surface area (Å²) in [5.41, 5.74) is 2.75. The fourth-order valence-electron chi connectivity index (χ4n) is 3.95. The van der Waals surface area contributed by atoms with E-state index < -0.39 is 0 Å². The number of aromatic amines is 1. The van der Waals surface area contributed by atoms with Crippen LogP contribution >= 0.6 is 12.0 Å². The summed E-state index contributed by atoms with van der Waals surface area (Å²) in [6.45, 7) is 1.35. The molecule has 1 amide bonds. The number of benzene rings is 1. The molecule has 1 aliphatic heterocycles. The van der Waals surface area contributed by atoms with E-state index in [9.17, 15) is 4.79 Å². The van der Waals surface area contributed by atoms with Crippen molar-refractivity contribution in [1.29, 1.82) is 0 Å². The molecule has 33 heavy (non-hydrogen) atoms. The second-order valence-electron chi connectivity index (χ2n) is 7.46. The third-order valence-corrected chi connectivity index (χ3v) is 5.92. The van der Waals surface area contributed by atoms with Crippen molar-refractivity contribution in [2.24, 2.45) is 0 Å². The van der Waals surface area contributed by atoms with Crippen LogP contribution in [0.1, 0.15) is 23.2 Å². The Bertz CT molecular complexity index is 1110. The molecule has 1 aliphatic rings. The molecule has 3 aromatic rings. The number of hydrogen-bond donors (Lipinski definition) is 2. The van der Waals surface area contributed by atoms with Crippen LogP contribution in [-0.4, -0.2) is 72.6 Å². The van der Waals surface area contributed by atoms with Crippen LogP contribution in [0.2, 0.25) is 0 Å². The summed E-state index contributed by atoms with van der Waals surface area (Å²) in [6.07, 6.45) is 7.16. The zero-order valence-corrected chi connectivity index (χ0v) is 19.8. The first-order valence-electron chi connectivity index (χ1n) is 10.5. The van der Waals surface area contributed by atoms with E-state index in [0.29, 0.717) is 46.2 Å². The van der Waals surface area contributed by atoms with Gasteiger partial charge in [0.15, 0.2) is 17.1 Å². The van der Waals surface area contributed by atoms with Crippen LogP contribution in [0.5, 0.6) is 17.2 Å². The number of hydrogen-bond acceptors (Lipinski definition) is 9. The lowest BCUT2D eigenvalue weighted by Crippen LogP contribution is -2.39. The highest BCUT2D eigenvalue weighted by molar-refractivity contribution is 7.93. The van der Waals surface area contributed by atoms with Crippen LogP contribution in [0, 0.1) is 0 Å². The lowest BCUT2D eigenvalue weighted by Gasteiger charge is -2.21. The molecule has 1 saturated heterocycles. The van der Waals surface area contributed by atoms with Crippen LogP contribution in [0.3, 0.4) is 0 Å². The summed E-state index contributed by atoms with van der Waals surface area (Å²) >= 11 is 1.31. The third-order valence-electron chi connectivity index (χ3n) is 5.58. The highest BCUT2D eigenvalue weighted by Crippen LogP contribution is 2.40. The molecule has 1 aromatic carbocycles. The van der Waals surface area contributed by atoms with E-state index in [1.807, 2.05) is 11.3 Å². The number of hydroxylamine groups is 2. The number of carbonyl (C=O) groups excluding carboxylic acids is 1. The Kier molecular flexibility index (Phi) is 7.21. The number of nitrogens with zero attached hydrogens (tertiary/aromatic N) is 3. The Morgan fingerprint density at radius 1 is 1.24 bits per heavy atom. The van der Waals surface area contributed by atoms with Crippen molar-refractivity contribution in [2.45, 2.75) is 18.9 Å². The zero-order valence-electron chi connectivity index (χ0n) is 19.0. The second kappa shape index (κ2) is 10.3. The predicted molar refractivity (Wildman–Crippen MR) is 126 cm³/mol. The van der Waals surface area contributed by atoms with E-state index in [1.54, 1.807) is 45.9 Å². The molecule has 0 spiro atoms. The van der Waals surface area contributed by atoms with Gasteiger partial charge in [-0.05, 0) is 25.0 Å². The molecule has 3 heterocycles. The van der Waals surface area contributed by atoms with Crippen molar-refractivity contribution >= 4 is 29.1 Å². The van der Waals surface area contributed by atoms with Gasteiger partial charge in [0.05, 0.1) is 44.8 Å². The first kappa shape index (κ1) is 23.1. The SMILES string of the molecule is COc1cc(-c2cnc3[nH]cc(C(=O)NCC4CCCN4OSC)c3n2)cc(OC)c1OC. The maximum atomic E-state index is 13.0. The molecule has 1 unspecified atom stereocenters. The lowest BCUT2D eigenvalue weighted by molar-refractivity contribution is -0.0480. The molecule has 1 atom stereocenters. The Hall–Kier alpha value is -3.02. The largest absolute Gasteiger partial charge is 0.493 e. The molecular formula is C22H27N5O5S. The smallest absolute Gasteiger partial charge is 0.255 e. The van der Waals surface area contributed by atoms with E-state index in [2.05, 4.69) is 15.3 Å². The predicted octanol–water partition coefficient (Wildman–Crippen LogP) is 3.05. The third kappa shape index (κ3) is 4.70. The Morgan fingerprint density at radius 2 is 2.00 bits per heavy atom. The summed E-state index contributed by atoms with van der Waals surface area (Å²) in [6, 6.07) is 3.74.